The van der Waals surface area contributed by atoms with Gasteiger partial charge in [0.2, 0.25) is 0 Å². The Labute approximate surface area is 101 Å². The maximum absolute atomic E-state index is 3.67. The SMILES string of the molecule is CCCNC1CCC(N2CCC(C)C2)CC1. The quantitative estimate of drug-likeness (QED) is 0.790. The van der Waals surface area contributed by atoms with Crippen molar-refractivity contribution in [3.8, 4) is 0 Å². The van der Waals surface area contributed by atoms with Gasteiger partial charge in [0, 0.05) is 18.6 Å². The standard InChI is InChI=1S/C14H28N2/c1-3-9-15-13-4-6-14(7-5-13)16-10-8-12(2)11-16/h12-15H,3-11H2,1-2H3. The lowest BCUT2D eigenvalue weighted by Crippen LogP contribution is -2.41. The molecule has 1 saturated carbocycles. The smallest absolute Gasteiger partial charge is 0.00965 e. The average Bonchev–Trinajstić information content (AvgIpc) is 2.74. The molecule has 0 aromatic carbocycles. The maximum atomic E-state index is 3.67. The van der Waals surface area contributed by atoms with Crippen molar-refractivity contribution in [2.24, 2.45) is 5.92 Å². The normalized spacial score (nSPS) is 36.8. The third-order valence-corrected chi connectivity index (χ3v) is 4.35. The van der Waals surface area contributed by atoms with Gasteiger partial charge in [0.05, 0.1) is 0 Å². The van der Waals surface area contributed by atoms with Crippen molar-refractivity contribution < 1.29 is 0 Å². The van der Waals surface area contributed by atoms with E-state index in [0.29, 0.717) is 0 Å². The zero-order valence-corrected chi connectivity index (χ0v) is 11.0. The van der Waals surface area contributed by atoms with Crippen LogP contribution in [-0.2, 0) is 0 Å². The molecule has 0 spiro atoms. The van der Waals surface area contributed by atoms with E-state index in [2.05, 4.69) is 24.1 Å². The fraction of sp³-hybridized carbons (Fsp3) is 1.00. The first-order valence-electron chi connectivity index (χ1n) is 7.27. The highest BCUT2D eigenvalue weighted by Gasteiger charge is 2.29. The maximum Gasteiger partial charge on any atom is 0.00965 e. The van der Waals surface area contributed by atoms with Crippen molar-refractivity contribution in [1.29, 1.82) is 0 Å². The minimum absolute atomic E-state index is 0.816. The van der Waals surface area contributed by atoms with E-state index in [9.17, 15) is 0 Å². The fourth-order valence-corrected chi connectivity index (χ4v) is 3.29. The molecule has 0 radical (unpaired) electrons. The highest BCUT2D eigenvalue weighted by atomic mass is 15.2. The van der Waals surface area contributed by atoms with E-state index in [1.54, 1.807) is 0 Å². The van der Waals surface area contributed by atoms with Crippen molar-refractivity contribution in [1.82, 2.24) is 10.2 Å². The lowest BCUT2D eigenvalue weighted by molar-refractivity contribution is 0.169. The van der Waals surface area contributed by atoms with Gasteiger partial charge in [-0.2, -0.15) is 0 Å². The van der Waals surface area contributed by atoms with Gasteiger partial charge in [0.15, 0.2) is 0 Å². The van der Waals surface area contributed by atoms with Crippen LogP contribution < -0.4 is 5.32 Å². The van der Waals surface area contributed by atoms with Crippen LogP contribution in [0.25, 0.3) is 0 Å². The molecule has 2 heteroatoms. The van der Waals surface area contributed by atoms with Crippen LogP contribution in [0, 0.1) is 5.92 Å². The van der Waals surface area contributed by atoms with Gasteiger partial charge >= 0.3 is 0 Å². The Bertz CT molecular complexity index is 197. The molecule has 2 nitrogen and oxygen atoms in total. The molecule has 16 heavy (non-hydrogen) atoms. The first-order chi connectivity index (χ1) is 7.79. The van der Waals surface area contributed by atoms with E-state index in [0.717, 1.165) is 18.0 Å². The van der Waals surface area contributed by atoms with E-state index in [4.69, 9.17) is 0 Å². The second-order valence-corrected chi connectivity index (χ2v) is 5.85. The first kappa shape index (κ1) is 12.4. The molecule has 1 atom stereocenters. The summed E-state index contributed by atoms with van der Waals surface area (Å²) in [6.07, 6.45) is 8.34. The Morgan fingerprint density at radius 3 is 2.44 bits per heavy atom. The molecule has 94 valence electrons. The van der Waals surface area contributed by atoms with Gasteiger partial charge in [-0.25, -0.2) is 0 Å². The summed E-state index contributed by atoms with van der Waals surface area (Å²) < 4.78 is 0. The summed E-state index contributed by atoms with van der Waals surface area (Å²) in [4.78, 5) is 2.75. The number of hydrogen-bond donors (Lipinski definition) is 1. The Hall–Kier alpha value is -0.0800. The molecule has 0 aromatic rings. The number of hydrogen-bond acceptors (Lipinski definition) is 2. The molecular formula is C14H28N2. The zero-order chi connectivity index (χ0) is 11.4. The lowest BCUT2D eigenvalue weighted by atomic mass is 9.90. The molecular weight excluding hydrogens is 196 g/mol. The van der Waals surface area contributed by atoms with E-state index in [1.165, 1.54) is 58.2 Å². The number of likely N-dealkylation sites (tertiary alicyclic amines) is 1. The molecule has 1 heterocycles. The minimum Gasteiger partial charge on any atom is -0.314 e. The second kappa shape index (κ2) is 6.02. The molecule has 0 bridgehead atoms. The summed E-state index contributed by atoms with van der Waals surface area (Å²) in [6.45, 7) is 8.57. The average molecular weight is 224 g/mol. The monoisotopic (exact) mass is 224 g/mol. The van der Waals surface area contributed by atoms with E-state index in [1.807, 2.05) is 0 Å². The predicted molar refractivity (Wildman–Crippen MR) is 69.7 cm³/mol. The Balaban J connectivity index is 1.68. The summed E-state index contributed by atoms with van der Waals surface area (Å²) >= 11 is 0. The molecule has 1 N–H and O–H groups in total. The van der Waals surface area contributed by atoms with Crippen molar-refractivity contribution in [3.05, 3.63) is 0 Å². The highest BCUT2D eigenvalue weighted by Crippen LogP contribution is 2.27. The van der Waals surface area contributed by atoms with Crippen molar-refractivity contribution in [2.75, 3.05) is 19.6 Å². The van der Waals surface area contributed by atoms with Crippen LogP contribution >= 0.6 is 0 Å². The van der Waals surface area contributed by atoms with Crippen molar-refractivity contribution in [3.63, 3.8) is 0 Å². The summed E-state index contributed by atoms with van der Waals surface area (Å²) in [5.74, 6) is 0.941. The van der Waals surface area contributed by atoms with Crippen LogP contribution in [-0.4, -0.2) is 36.6 Å². The molecule has 2 fully saturated rings. The van der Waals surface area contributed by atoms with Gasteiger partial charge in [0.1, 0.15) is 0 Å². The molecule has 0 amide bonds. The second-order valence-electron chi connectivity index (χ2n) is 5.85. The van der Waals surface area contributed by atoms with Gasteiger partial charge in [-0.1, -0.05) is 13.8 Å². The molecule has 1 unspecified atom stereocenters. The zero-order valence-electron chi connectivity index (χ0n) is 11.0. The van der Waals surface area contributed by atoms with E-state index < -0.39 is 0 Å². The topological polar surface area (TPSA) is 15.3 Å². The molecule has 1 aliphatic carbocycles. The van der Waals surface area contributed by atoms with Crippen LogP contribution in [0.1, 0.15) is 52.4 Å². The molecule has 1 aliphatic heterocycles. The van der Waals surface area contributed by atoms with Crippen LogP contribution in [0.5, 0.6) is 0 Å². The molecule has 0 aromatic heterocycles. The van der Waals surface area contributed by atoms with Crippen LogP contribution in [0.4, 0.5) is 0 Å². The van der Waals surface area contributed by atoms with Crippen LogP contribution in [0.2, 0.25) is 0 Å². The Morgan fingerprint density at radius 1 is 1.12 bits per heavy atom. The number of nitrogens with zero attached hydrogens (tertiary/aromatic N) is 1. The first-order valence-corrected chi connectivity index (χ1v) is 7.27. The van der Waals surface area contributed by atoms with Gasteiger partial charge < -0.3 is 10.2 Å². The van der Waals surface area contributed by atoms with Crippen molar-refractivity contribution in [2.45, 2.75) is 64.5 Å². The largest absolute Gasteiger partial charge is 0.314 e. The summed E-state index contributed by atoms with van der Waals surface area (Å²) in [6, 6.07) is 1.72. The van der Waals surface area contributed by atoms with Gasteiger partial charge in [-0.05, 0) is 57.5 Å². The number of nitrogens with one attached hydrogen (secondary N) is 1. The summed E-state index contributed by atoms with van der Waals surface area (Å²) in [5, 5.41) is 3.67. The highest BCUT2D eigenvalue weighted by molar-refractivity contribution is 4.86. The van der Waals surface area contributed by atoms with Crippen molar-refractivity contribution >= 4 is 0 Å². The summed E-state index contributed by atoms with van der Waals surface area (Å²) in [7, 11) is 0. The molecule has 2 aliphatic rings. The van der Waals surface area contributed by atoms with Gasteiger partial charge in [-0.3, -0.25) is 0 Å². The third-order valence-electron chi connectivity index (χ3n) is 4.35. The molecule has 2 rings (SSSR count). The van der Waals surface area contributed by atoms with Crippen LogP contribution in [0.15, 0.2) is 0 Å². The van der Waals surface area contributed by atoms with Gasteiger partial charge in [0.25, 0.3) is 0 Å². The number of rotatable bonds is 4. The lowest BCUT2D eigenvalue weighted by Gasteiger charge is -2.35. The van der Waals surface area contributed by atoms with E-state index >= 15 is 0 Å². The summed E-state index contributed by atoms with van der Waals surface area (Å²) in [5.41, 5.74) is 0. The van der Waals surface area contributed by atoms with Crippen LogP contribution in [0.3, 0.4) is 0 Å². The fourth-order valence-electron chi connectivity index (χ4n) is 3.29. The third kappa shape index (κ3) is 3.21. The Kier molecular flexibility index (Phi) is 4.66. The molecule has 1 saturated heterocycles. The Morgan fingerprint density at radius 2 is 1.88 bits per heavy atom. The minimum atomic E-state index is 0.816. The van der Waals surface area contributed by atoms with Gasteiger partial charge in [-0.15, -0.1) is 0 Å². The van der Waals surface area contributed by atoms with E-state index in [-0.39, 0.29) is 0 Å². The predicted octanol–water partition coefficient (Wildman–Crippen LogP) is 2.64.